The molecule has 0 heterocycles. The SMILES string of the molecule is CCCCCCCCCCCCCCCCCCC(=O)OC[C@@H](COC(=O)CCCCCCCCCCCCCCCC)OC(=O)CCCCCCCCCCCCCCC(C)C. The second-order valence-electron chi connectivity index (χ2n) is 20.1. The van der Waals surface area contributed by atoms with Gasteiger partial charge in [-0.05, 0) is 25.2 Å². The fourth-order valence-electron chi connectivity index (χ4n) is 8.75. The summed E-state index contributed by atoms with van der Waals surface area (Å²) in [6.45, 7) is 9.05. The van der Waals surface area contributed by atoms with E-state index in [9.17, 15) is 14.4 Å². The molecule has 0 unspecified atom stereocenters. The smallest absolute Gasteiger partial charge is 0.306 e. The highest BCUT2D eigenvalue weighted by Gasteiger charge is 2.19. The maximum absolute atomic E-state index is 12.8. The van der Waals surface area contributed by atoms with Crippen molar-refractivity contribution in [2.75, 3.05) is 13.2 Å². The number of carbonyl (C=O) groups excluding carboxylic acids is 3. The van der Waals surface area contributed by atoms with Gasteiger partial charge in [0.15, 0.2) is 6.10 Å². The lowest BCUT2D eigenvalue weighted by atomic mass is 10.0. The summed E-state index contributed by atoms with van der Waals surface area (Å²) in [5.41, 5.74) is 0. The van der Waals surface area contributed by atoms with Gasteiger partial charge in [-0.3, -0.25) is 14.4 Å². The molecule has 0 N–H and O–H groups in total. The third-order valence-corrected chi connectivity index (χ3v) is 13.0. The quantitative estimate of drug-likeness (QED) is 0.0344. The molecule has 1 atom stereocenters. The van der Waals surface area contributed by atoms with Crippen LogP contribution < -0.4 is 0 Å². The molecule has 0 aromatic rings. The van der Waals surface area contributed by atoms with Crippen LogP contribution in [0.4, 0.5) is 0 Å². The lowest BCUT2D eigenvalue weighted by Crippen LogP contribution is -2.30. The molecule has 0 rings (SSSR count). The number of ether oxygens (including phenoxy) is 3. The van der Waals surface area contributed by atoms with Crippen LogP contribution >= 0.6 is 0 Å². The number of carbonyl (C=O) groups is 3. The van der Waals surface area contributed by atoms with Gasteiger partial charge in [0.05, 0.1) is 0 Å². The number of hydrogen-bond acceptors (Lipinski definition) is 6. The minimum atomic E-state index is -0.761. The standard InChI is InChI=1S/C57H110O6/c1-5-7-9-11-13-15-17-19-21-22-24-29-33-37-41-45-49-56(59)62-52-54(51-61-55(58)48-44-40-36-32-28-23-20-18-16-14-12-10-8-6-2)63-57(60)50-46-42-38-34-30-26-25-27-31-35-39-43-47-53(3)4/h53-54H,5-52H2,1-4H3/t54-/m1/s1. The molecule has 63 heavy (non-hydrogen) atoms. The Balaban J connectivity index is 4.30. The Morgan fingerprint density at radius 2 is 0.524 bits per heavy atom. The van der Waals surface area contributed by atoms with Crippen LogP contribution in [0.2, 0.25) is 0 Å². The molecule has 0 amide bonds. The van der Waals surface area contributed by atoms with Crippen LogP contribution in [0.5, 0.6) is 0 Å². The summed E-state index contributed by atoms with van der Waals surface area (Å²) < 4.78 is 16.9. The van der Waals surface area contributed by atoms with Gasteiger partial charge >= 0.3 is 17.9 Å². The van der Waals surface area contributed by atoms with Crippen molar-refractivity contribution in [1.29, 1.82) is 0 Å². The van der Waals surface area contributed by atoms with Crippen LogP contribution in [-0.4, -0.2) is 37.2 Å². The van der Waals surface area contributed by atoms with Gasteiger partial charge < -0.3 is 14.2 Å². The number of esters is 3. The molecular weight excluding hydrogens is 781 g/mol. The molecule has 0 aliphatic carbocycles. The highest BCUT2D eigenvalue weighted by Crippen LogP contribution is 2.18. The summed E-state index contributed by atoms with van der Waals surface area (Å²) in [5, 5.41) is 0. The highest BCUT2D eigenvalue weighted by atomic mass is 16.6. The van der Waals surface area contributed by atoms with Crippen LogP contribution in [-0.2, 0) is 28.6 Å². The predicted molar refractivity (Wildman–Crippen MR) is 270 cm³/mol. The van der Waals surface area contributed by atoms with Gasteiger partial charge in [-0.25, -0.2) is 0 Å². The average Bonchev–Trinajstić information content (AvgIpc) is 3.27. The van der Waals surface area contributed by atoms with E-state index in [-0.39, 0.29) is 31.1 Å². The summed E-state index contributed by atoms with van der Waals surface area (Å²) in [7, 11) is 0. The maximum Gasteiger partial charge on any atom is 0.306 e. The van der Waals surface area contributed by atoms with Gasteiger partial charge in [-0.2, -0.15) is 0 Å². The van der Waals surface area contributed by atoms with Crippen molar-refractivity contribution < 1.29 is 28.6 Å². The van der Waals surface area contributed by atoms with Crippen LogP contribution in [0.3, 0.4) is 0 Å². The third kappa shape index (κ3) is 51.3. The summed E-state index contributed by atoms with van der Waals surface area (Å²) in [6.07, 6.45) is 55.1. The molecule has 374 valence electrons. The fraction of sp³-hybridized carbons (Fsp3) is 0.947. The van der Waals surface area contributed by atoms with Crippen LogP contribution in [0.15, 0.2) is 0 Å². The maximum atomic E-state index is 12.8. The summed E-state index contributed by atoms with van der Waals surface area (Å²) in [4.78, 5) is 38.1. The van der Waals surface area contributed by atoms with Crippen molar-refractivity contribution in [3.63, 3.8) is 0 Å². The van der Waals surface area contributed by atoms with Gasteiger partial charge in [-0.15, -0.1) is 0 Å². The molecule has 0 aliphatic rings. The van der Waals surface area contributed by atoms with Crippen molar-refractivity contribution in [2.45, 2.75) is 329 Å². The van der Waals surface area contributed by atoms with E-state index in [1.54, 1.807) is 0 Å². The molecule has 0 saturated heterocycles. The largest absolute Gasteiger partial charge is 0.462 e. The van der Waals surface area contributed by atoms with E-state index < -0.39 is 6.10 Å². The minimum Gasteiger partial charge on any atom is -0.462 e. The van der Waals surface area contributed by atoms with E-state index in [4.69, 9.17) is 14.2 Å². The molecule has 0 aliphatic heterocycles. The first-order chi connectivity index (χ1) is 30.9. The normalized spacial score (nSPS) is 12.0. The predicted octanol–water partition coefficient (Wildman–Crippen LogP) is 18.6. The van der Waals surface area contributed by atoms with Gasteiger partial charge in [-0.1, -0.05) is 285 Å². The lowest BCUT2D eigenvalue weighted by molar-refractivity contribution is -0.167. The Hall–Kier alpha value is -1.59. The van der Waals surface area contributed by atoms with Crippen molar-refractivity contribution in [1.82, 2.24) is 0 Å². The Morgan fingerprint density at radius 3 is 0.778 bits per heavy atom. The van der Waals surface area contributed by atoms with Gasteiger partial charge in [0.2, 0.25) is 0 Å². The molecule has 6 nitrogen and oxygen atoms in total. The van der Waals surface area contributed by atoms with E-state index in [1.807, 2.05) is 0 Å². The number of unbranched alkanes of at least 4 members (excludes halogenated alkanes) is 39. The van der Waals surface area contributed by atoms with E-state index in [0.717, 1.165) is 63.7 Å². The molecule has 0 saturated carbocycles. The summed E-state index contributed by atoms with van der Waals surface area (Å²) in [6, 6.07) is 0. The summed E-state index contributed by atoms with van der Waals surface area (Å²) in [5.74, 6) is -0.00439. The van der Waals surface area contributed by atoms with Gasteiger partial charge in [0, 0.05) is 19.3 Å². The first kappa shape index (κ1) is 61.4. The van der Waals surface area contributed by atoms with E-state index in [0.29, 0.717) is 19.3 Å². The fourth-order valence-corrected chi connectivity index (χ4v) is 8.75. The highest BCUT2D eigenvalue weighted by molar-refractivity contribution is 5.71. The van der Waals surface area contributed by atoms with Crippen molar-refractivity contribution in [3.8, 4) is 0 Å². The molecular formula is C57H110O6. The third-order valence-electron chi connectivity index (χ3n) is 13.0. The Labute approximate surface area is 393 Å². The first-order valence-electron chi connectivity index (χ1n) is 28.4. The topological polar surface area (TPSA) is 78.9 Å². The number of hydrogen-bond donors (Lipinski definition) is 0. The molecule has 0 aromatic heterocycles. The van der Waals surface area contributed by atoms with E-state index >= 15 is 0 Å². The zero-order valence-electron chi connectivity index (χ0n) is 43.0. The second-order valence-corrected chi connectivity index (χ2v) is 20.1. The minimum absolute atomic E-state index is 0.0620. The Kier molecular flexibility index (Phi) is 50.1. The average molecular weight is 892 g/mol. The zero-order valence-corrected chi connectivity index (χ0v) is 43.0. The van der Waals surface area contributed by atoms with Gasteiger partial charge in [0.25, 0.3) is 0 Å². The Bertz CT molecular complexity index is 949. The molecule has 0 bridgehead atoms. The second kappa shape index (κ2) is 51.4. The van der Waals surface area contributed by atoms with Crippen LogP contribution in [0.1, 0.15) is 323 Å². The van der Waals surface area contributed by atoms with Crippen LogP contribution in [0, 0.1) is 5.92 Å². The lowest BCUT2D eigenvalue weighted by Gasteiger charge is -2.18. The monoisotopic (exact) mass is 891 g/mol. The van der Waals surface area contributed by atoms with E-state index in [2.05, 4.69) is 27.7 Å². The molecule has 0 spiro atoms. The number of rotatable bonds is 52. The van der Waals surface area contributed by atoms with Crippen molar-refractivity contribution >= 4 is 17.9 Å². The zero-order chi connectivity index (χ0) is 45.9. The van der Waals surface area contributed by atoms with Crippen molar-refractivity contribution in [3.05, 3.63) is 0 Å². The molecule has 0 aromatic carbocycles. The molecule has 0 radical (unpaired) electrons. The molecule has 6 heteroatoms. The van der Waals surface area contributed by atoms with Gasteiger partial charge in [0.1, 0.15) is 13.2 Å². The summed E-state index contributed by atoms with van der Waals surface area (Å²) >= 11 is 0. The van der Waals surface area contributed by atoms with E-state index in [1.165, 1.54) is 218 Å². The van der Waals surface area contributed by atoms with Crippen LogP contribution in [0.25, 0.3) is 0 Å². The first-order valence-corrected chi connectivity index (χ1v) is 28.4. The molecule has 0 fully saturated rings. The van der Waals surface area contributed by atoms with Crippen molar-refractivity contribution in [2.24, 2.45) is 5.92 Å². The Morgan fingerprint density at radius 1 is 0.302 bits per heavy atom.